The van der Waals surface area contributed by atoms with Crippen LogP contribution in [-0.2, 0) is 6.42 Å². The minimum atomic E-state index is -0.551. The largest absolute Gasteiger partial charge is 0.490 e. The van der Waals surface area contributed by atoms with E-state index in [0.29, 0.717) is 60.1 Å². The van der Waals surface area contributed by atoms with Crippen LogP contribution in [0.3, 0.4) is 0 Å². The SMILES string of the molecule is CCCCCCCCCCCCc1c(C(N)=O)cc(-c2cc(Cl)cc(Cl)c2)c(OCCO)c1-c1cc(Cl)cc(Cl)c1. The molecule has 222 valence electrons. The number of carbonyl (C=O) groups excluding carboxylic acids is 1. The number of carbonyl (C=O) groups is 1. The van der Waals surface area contributed by atoms with Crippen molar-refractivity contribution in [1.29, 1.82) is 0 Å². The fraction of sp³-hybridized carbons (Fsp3) is 0.424. The lowest BCUT2D eigenvalue weighted by molar-refractivity contribution is 0.0999. The molecule has 3 rings (SSSR count). The summed E-state index contributed by atoms with van der Waals surface area (Å²) in [7, 11) is 0. The van der Waals surface area contributed by atoms with Gasteiger partial charge >= 0.3 is 0 Å². The Morgan fingerprint density at radius 1 is 0.732 bits per heavy atom. The summed E-state index contributed by atoms with van der Waals surface area (Å²) in [5, 5.41) is 11.4. The van der Waals surface area contributed by atoms with Crippen LogP contribution in [0.15, 0.2) is 42.5 Å². The van der Waals surface area contributed by atoms with Crippen molar-refractivity contribution in [3.63, 3.8) is 0 Å². The van der Waals surface area contributed by atoms with Crippen molar-refractivity contribution in [3.05, 3.63) is 73.7 Å². The van der Waals surface area contributed by atoms with Crippen LogP contribution < -0.4 is 10.5 Å². The fourth-order valence-electron chi connectivity index (χ4n) is 5.20. The molecule has 0 aliphatic carbocycles. The van der Waals surface area contributed by atoms with Crippen LogP contribution in [0.2, 0.25) is 20.1 Å². The minimum Gasteiger partial charge on any atom is -0.490 e. The summed E-state index contributed by atoms with van der Waals surface area (Å²) in [5.74, 6) is -0.0765. The van der Waals surface area contributed by atoms with Crippen molar-refractivity contribution in [2.75, 3.05) is 13.2 Å². The molecule has 0 bridgehead atoms. The van der Waals surface area contributed by atoms with Gasteiger partial charge in [0.2, 0.25) is 5.91 Å². The third-order valence-electron chi connectivity index (χ3n) is 7.10. The number of aliphatic hydroxyl groups excluding tert-OH is 1. The number of hydrogen-bond acceptors (Lipinski definition) is 3. The lowest BCUT2D eigenvalue weighted by Crippen LogP contribution is -2.16. The van der Waals surface area contributed by atoms with Crippen molar-refractivity contribution in [2.45, 2.75) is 77.6 Å². The standard InChI is InChI=1S/C33H39Cl4NO3/c1-2-3-4-5-6-7-8-9-10-11-12-28-30(33(38)40)21-29(22-15-24(34)19-25(35)16-22)32(41-14-13-39)31(28)23-17-26(36)20-27(37)18-23/h15-21,39H,2-14H2,1H3,(H2,38,40). The average molecular weight is 639 g/mol. The molecule has 0 radical (unpaired) electrons. The zero-order valence-electron chi connectivity index (χ0n) is 23.6. The second-order valence-corrected chi connectivity index (χ2v) is 12.1. The van der Waals surface area contributed by atoms with Crippen LogP contribution in [0, 0.1) is 0 Å². The van der Waals surface area contributed by atoms with Gasteiger partial charge in [-0.25, -0.2) is 0 Å². The molecular weight excluding hydrogens is 600 g/mol. The molecule has 0 aromatic heterocycles. The molecule has 0 atom stereocenters. The summed E-state index contributed by atoms with van der Waals surface area (Å²) < 4.78 is 6.19. The molecule has 0 heterocycles. The monoisotopic (exact) mass is 637 g/mol. The van der Waals surface area contributed by atoms with E-state index in [1.165, 1.54) is 44.9 Å². The summed E-state index contributed by atoms with van der Waals surface area (Å²) >= 11 is 25.6. The predicted molar refractivity (Wildman–Crippen MR) is 174 cm³/mol. The van der Waals surface area contributed by atoms with Crippen molar-refractivity contribution in [2.24, 2.45) is 5.73 Å². The van der Waals surface area contributed by atoms with E-state index in [1.807, 2.05) is 0 Å². The molecule has 0 saturated heterocycles. The van der Waals surface area contributed by atoms with Gasteiger partial charge in [0.15, 0.2) is 0 Å². The maximum Gasteiger partial charge on any atom is 0.249 e. The van der Waals surface area contributed by atoms with Crippen LogP contribution >= 0.6 is 46.4 Å². The first-order chi connectivity index (χ1) is 19.7. The van der Waals surface area contributed by atoms with E-state index in [2.05, 4.69) is 6.92 Å². The van der Waals surface area contributed by atoms with Gasteiger partial charge in [-0.3, -0.25) is 4.79 Å². The highest BCUT2D eigenvalue weighted by atomic mass is 35.5. The number of ether oxygens (including phenoxy) is 1. The first kappa shape index (κ1) is 33.6. The number of amides is 1. The van der Waals surface area contributed by atoms with E-state index in [0.717, 1.165) is 24.8 Å². The van der Waals surface area contributed by atoms with Crippen molar-refractivity contribution in [3.8, 4) is 28.0 Å². The Labute approximate surface area is 264 Å². The first-order valence-electron chi connectivity index (χ1n) is 14.4. The van der Waals surface area contributed by atoms with Crippen molar-refractivity contribution >= 4 is 52.3 Å². The molecule has 0 saturated carbocycles. The highest BCUT2D eigenvalue weighted by Gasteiger charge is 2.25. The minimum absolute atomic E-state index is 0.0379. The number of primary amides is 1. The number of hydrogen-bond donors (Lipinski definition) is 2. The molecule has 4 nitrogen and oxygen atoms in total. The molecule has 1 amide bonds. The molecule has 0 spiro atoms. The summed E-state index contributed by atoms with van der Waals surface area (Å²) in [4.78, 5) is 12.9. The van der Waals surface area contributed by atoms with Gasteiger partial charge in [0.05, 0.1) is 6.61 Å². The van der Waals surface area contributed by atoms with E-state index in [1.54, 1.807) is 42.5 Å². The predicted octanol–water partition coefficient (Wildman–Crippen LogP) is 10.6. The molecule has 41 heavy (non-hydrogen) atoms. The molecule has 3 aromatic carbocycles. The normalized spacial score (nSPS) is 11.2. The van der Waals surface area contributed by atoms with Crippen LogP contribution in [-0.4, -0.2) is 24.2 Å². The van der Waals surface area contributed by atoms with Crippen LogP contribution in [0.5, 0.6) is 5.75 Å². The van der Waals surface area contributed by atoms with Crippen LogP contribution in [0.4, 0.5) is 0 Å². The Hall–Kier alpha value is -1.95. The third-order valence-corrected chi connectivity index (χ3v) is 7.97. The van der Waals surface area contributed by atoms with Gasteiger partial charge in [-0.2, -0.15) is 0 Å². The van der Waals surface area contributed by atoms with E-state index < -0.39 is 5.91 Å². The van der Waals surface area contributed by atoms with Gasteiger partial charge in [0.25, 0.3) is 0 Å². The fourth-order valence-corrected chi connectivity index (χ4v) is 6.25. The lowest BCUT2D eigenvalue weighted by Gasteiger charge is -2.23. The molecule has 0 aliphatic rings. The number of nitrogens with two attached hydrogens (primary N) is 1. The third kappa shape index (κ3) is 10.1. The highest BCUT2D eigenvalue weighted by molar-refractivity contribution is 6.35. The van der Waals surface area contributed by atoms with Crippen molar-refractivity contribution in [1.82, 2.24) is 0 Å². The number of halogens is 4. The van der Waals surface area contributed by atoms with Gasteiger partial charge in [-0.15, -0.1) is 0 Å². The lowest BCUT2D eigenvalue weighted by atomic mass is 9.86. The van der Waals surface area contributed by atoms with E-state index >= 15 is 0 Å². The van der Waals surface area contributed by atoms with Gasteiger partial charge < -0.3 is 15.6 Å². The quantitative estimate of drug-likeness (QED) is 0.144. The van der Waals surface area contributed by atoms with E-state index in [9.17, 15) is 9.90 Å². The molecule has 3 aromatic rings. The van der Waals surface area contributed by atoms with Crippen molar-refractivity contribution < 1.29 is 14.6 Å². The zero-order chi connectivity index (χ0) is 29.8. The molecule has 8 heteroatoms. The Kier molecular flexibility index (Phi) is 14.1. The summed E-state index contributed by atoms with van der Waals surface area (Å²) in [6.07, 6.45) is 12.6. The summed E-state index contributed by atoms with van der Waals surface area (Å²) in [6, 6.07) is 12.1. The summed E-state index contributed by atoms with van der Waals surface area (Å²) in [6.45, 7) is 2.07. The molecule has 0 unspecified atom stereocenters. The number of unbranched alkanes of at least 4 members (excludes halogenated alkanes) is 9. The van der Waals surface area contributed by atoms with Gasteiger partial charge in [-0.05, 0) is 72.0 Å². The van der Waals surface area contributed by atoms with Crippen LogP contribution in [0.25, 0.3) is 22.3 Å². The first-order valence-corrected chi connectivity index (χ1v) is 15.9. The summed E-state index contributed by atoms with van der Waals surface area (Å²) in [5.41, 5.74) is 9.71. The highest BCUT2D eigenvalue weighted by Crippen LogP contribution is 2.46. The Bertz CT molecular complexity index is 1270. The Morgan fingerprint density at radius 3 is 1.71 bits per heavy atom. The maximum atomic E-state index is 12.9. The second-order valence-electron chi connectivity index (χ2n) is 10.3. The average Bonchev–Trinajstić information content (AvgIpc) is 2.91. The smallest absolute Gasteiger partial charge is 0.249 e. The molecular formula is C33H39Cl4NO3. The van der Waals surface area contributed by atoms with Gasteiger partial charge in [-0.1, -0.05) is 111 Å². The van der Waals surface area contributed by atoms with Gasteiger partial charge in [0.1, 0.15) is 12.4 Å². The topological polar surface area (TPSA) is 72.6 Å². The Balaban J connectivity index is 2.04. The van der Waals surface area contributed by atoms with E-state index in [-0.39, 0.29) is 13.2 Å². The van der Waals surface area contributed by atoms with E-state index in [4.69, 9.17) is 56.9 Å². The van der Waals surface area contributed by atoms with Crippen LogP contribution in [0.1, 0.15) is 87.1 Å². The molecule has 0 fully saturated rings. The van der Waals surface area contributed by atoms with Gasteiger partial charge in [0, 0.05) is 36.8 Å². The maximum absolute atomic E-state index is 12.9. The Morgan fingerprint density at radius 2 is 1.22 bits per heavy atom. The zero-order valence-corrected chi connectivity index (χ0v) is 26.6. The number of aliphatic hydroxyl groups is 1. The number of rotatable bonds is 17. The second kappa shape index (κ2) is 17.2. The number of benzene rings is 3. The molecule has 3 N–H and O–H groups in total. The molecule has 0 aliphatic heterocycles.